The van der Waals surface area contributed by atoms with Gasteiger partial charge in [0.05, 0.1) is 12.5 Å². The van der Waals surface area contributed by atoms with E-state index in [1.54, 1.807) is 6.08 Å². The van der Waals surface area contributed by atoms with Gasteiger partial charge in [-0.3, -0.25) is 14.4 Å². The highest BCUT2D eigenvalue weighted by Crippen LogP contribution is 2.67. The number of carbonyl (C=O) groups excluding carboxylic acids is 4. The largest absolute Gasteiger partial charge is 0.550 e. The first-order valence-corrected chi connectivity index (χ1v) is 12.0. The summed E-state index contributed by atoms with van der Waals surface area (Å²) in [6.45, 7) is 3.38. The summed E-state index contributed by atoms with van der Waals surface area (Å²) in [4.78, 5) is 47.3. The molecule has 0 saturated heterocycles. The van der Waals surface area contributed by atoms with Crippen LogP contribution in [0.3, 0.4) is 0 Å². The number of allylic oxidation sites excluding steroid dienone is 1. The number of Topliss-reactive ketones (excluding diaryl/α,β-unsaturated/α-hetero) is 1. The molecular weight excluding hydrogens is 428 g/mol. The number of aliphatic carboxylic acids is 1. The van der Waals surface area contributed by atoms with Gasteiger partial charge in [0, 0.05) is 17.8 Å². The summed E-state index contributed by atoms with van der Waals surface area (Å²) >= 11 is 0. The number of carbonyl (C=O) groups is 4. The minimum atomic E-state index is -1.72. The molecule has 3 fully saturated rings. The third-order valence-electron chi connectivity index (χ3n) is 9.41. The molecule has 8 heteroatoms. The molecule has 1 unspecified atom stereocenters. The lowest BCUT2D eigenvalue weighted by Gasteiger charge is -2.60. The van der Waals surface area contributed by atoms with E-state index < -0.39 is 54.3 Å². The first kappa shape index (κ1) is 24.1. The van der Waals surface area contributed by atoms with Gasteiger partial charge in [0.1, 0.15) is 5.60 Å². The van der Waals surface area contributed by atoms with E-state index >= 15 is 0 Å². The van der Waals surface area contributed by atoms with E-state index in [0.717, 1.165) is 18.4 Å². The lowest BCUT2D eigenvalue weighted by atomic mass is 9.45. The predicted molar refractivity (Wildman–Crippen MR) is 113 cm³/mol. The van der Waals surface area contributed by atoms with Crippen LogP contribution in [0.1, 0.15) is 71.6 Å². The van der Waals surface area contributed by atoms with Gasteiger partial charge in [-0.25, -0.2) is 0 Å². The van der Waals surface area contributed by atoms with E-state index in [2.05, 4.69) is 6.92 Å². The SMILES string of the molecule is C[C@]12CCC(=O)C=C1CC[C@@H]1C2[C@@H](O)C[C@@]2(C)[C@H]1CC[C@]2(O)C(=O)COC(=O)CCC(=O)[O-]. The maximum Gasteiger partial charge on any atom is 0.306 e. The number of rotatable bonds is 6. The van der Waals surface area contributed by atoms with Crippen molar-refractivity contribution in [1.82, 2.24) is 0 Å². The number of fused-ring (bicyclic) bond motifs is 5. The average Bonchev–Trinajstić information content (AvgIpc) is 3.02. The number of aliphatic hydroxyl groups excluding tert-OH is 1. The summed E-state index contributed by atoms with van der Waals surface area (Å²) in [6.07, 6.45) is 4.07. The fourth-order valence-electron chi connectivity index (χ4n) is 7.69. The van der Waals surface area contributed by atoms with Crippen LogP contribution in [0.2, 0.25) is 0 Å². The highest BCUT2D eigenvalue weighted by molar-refractivity contribution is 5.92. The molecule has 0 aliphatic heterocycles. The van der Waals surface area contributed by atoms with Crippen molar-refractivity contribution in [3.63, 3.8) is 0 Å². The summed E-state index contributed by atoms with van der Waals surface area (Å²) in [6, 6.07) is 0. The van der Waals surface area contributed by atoms with E-state index in [-0.39, 0.29) is 41.8 Å². The average molecular weight is 462 g/mol. The van der Waals surface area contributed by atoms with Gasteiger partial charge < -0.3 is 24.9 Å². The molecule has 0 heterocycles. The van der Waals surface area contributed by atoms with Crippen molar-refractivity contribution in [1.29, 1.82) is 0 Å². The van der Waals surface area contributed by atoms with E-state index in [4.69, 9.17) is 4.74 Å². The molecule has 7 atom stereocenters. The topological polar surface area (TPSA) is 141 Å². The Kier molecular flexibility index (Phi) is 6.06. The quantitative estimate of drug-likeness (QED) is 0.555. The molecule has 0 amide bonds. The van der Waals surface area contributed by atoms with Crippen molar-refractivity contribution in [3.05, 3.63) is 11.6 Å². The number of ketones is 2. The summed E-state index contributed by atoms with van der Waals surface area (Å²) in [5.74, 6) is -2.53. The molecule has 0 aromatic rings. The zero-order valence-corrected chi connectivity index (χ0v) is 19.3. The Hall–Kier alpha value is -2.06. The van der Waals surface area contributed by atoms with Crippen molar-refractivity contribution in [2.75, 3.05) is 6.61 Å². The Balaban J connectivity index is 1.53. The molecule has 8 nitrogen and oxygen atoms in total. The van der Waals surface area contributed by atoms with Crippen LogP contribution in [0.4, 0.5) is 0 Å². The summed E-state index contributed by atoms with van der Waals surface area (Å²) in [7, 11) is 0. The van der Waals surface area contributed by atoms with E-state index in [1.165, 1.54) is 0 Å². The molecule has 2 N–H and O–H groups in total. The van der Waals surface area contributed by atoms with E-state index in [1.807, 2.05) is 6.92 Å². The van der Waals surface area contributed by atoms with E-state index in [9.17, 15) is 34.5 Å². The minimum absolute atomic E-state index is 0.0245. The van der Waals surface area contributed by atoms with Crippen LogP contribution in [-0.2, 0) is 23.9 Å². The van der Waals surface area contributed by atoms with Crippen LogP contribution in [-0.4, -0.2) is 52.0 Å². The van der Waals surface area contributed by atoms with Crippen LogP contribution in [0.25, 0.3) is 0 Å². The van der Waals surface area contributed by atoms with Gasteiger partial charge in [-0.1, -0.05) is 19.4 Å². The Morgan fingerprint density at radius 1 is 1.15 bits per heavy atom. The van der Waals surface area contributed by atoms with Crippen LogP contribution >= 0.6 is 0 Å². The molecule has 0 radical (unpaired) electrons. The van der Waals surface area contributed by atoms with Crippen LogP contribution in [0, 0.1) is 28.6 Å². The maximum atomic E-state index is 13.1. The fourth-order valence-corrected chi connectivity index (χ4v) is 7.69. The second-order valence-corrected chi connectivity index (χ2v) is 10.9. The van der Waals surface area contributed by atoms with Crippen LogP contribution in [0.5, 0.6) is 0 Å². The Labute approximate surface area is 193 Å². The van der Waals surface area contributed by atoms with Crippen molar-refractivity contribution in [2.24, 2.45) is 28.6 Å². The van der Waals surface area contributed by atoms with Crippen molar-refractivity contribution in [2.45, 2.75) is 83.3 Å². The van der Waals surface area contributed by atoms with Gasteiger partial charge in [-0.05, 0) is 74.2 Å². The third kappa shape index (κ3) is 3.75. The minimum Gasteiger partial charge on any atom is -0.550 e. The molecule has 4 aliphatic carbocycles. The number of carboxylic acid groups (broad SMARTS) is 1. The molecule has 3 saturated carbocycles. The van der Waals surface area contributed by atoms with Crippen molar-refractivity contribution in [3.8, 4) is 0 Å². The molecule has 0 aromatic heterocycles. The zero-order chi connectivity index (χ0) is 24.2. The second kappa shape index (κ2) is 8.31. The monoisotopic (exact) mass is 461 g/mol. The molecular formula is C25H33O8-. The second-order valence-electron chi connectivity index (χ2n) is 10.9. The number of ether oxygens (including phenoxy) is 1. The Morgan fingerprint density at radius 3 is 2.58 bits per heavy atom. The lowest BCUT2D eigenvalue weighted by molar-refractivity contribution is -0.305. The van der Waals surface area contributed by atoms with Gasteiger partial charge in [0.25, 0.3) is 0 Å². The first-order chi connectivity index (χ1) is 15.4. The number of hydrogen-bond donors (Lipinski definition) is 2. The fraction of sp³-hybridized carbons (Fsp3) is 0.760. The number of esters is 1. The Bertz CT molecular complexity index is 908. The molecule has 4 aliphatic rings. The van der Waals surface area contributed by atoms with Crippen molar-refractivity contribution < 1.29 is 39.2 Å². The van der Waals surface area contributed by atoms with Gasteiger partial charge >= 0.3 is 5.97 Å². The number of carboxylic acids is 1. The molecule has 33 heavy (non-hydrogen) atoms. The zero-order valence-electron chi connectivity index (χ0n) is 19.3. The Morgan fingerprint density at radius 2 is 1.88 bits per heavy atom. The van der Waals surface area contributed by atoms with Gasteiger partial charge in [0.2, 0.25) is 5.78 Å². The molecule has 182 valence electrons. The predicted octanol–water partition coefficient (Wildman–Crippen LogP) is 0.863. The first-order valence-electron chi connectivity index (χ1n) is 12.0. The summed E-state index contributed by atoms with van der Waals surface area (Å²) in [5, 5.41) is 33.4. The van der Waals surface area contributed by atoms with Gasteiger partial charge in [-0.15, -0.1) is 0 Å². The van der Waals surface area contributed by atoms with Crippen molar-refractivity contribution >= 4 is 23.5 Å². The van der Waals surface area contributed by atoms with Crippen LogP contribution < -0.4 is 5.11 Å². The summed E-state index contributed by atoms with van der Waals surface area (Å²) in [5.41, 5.74) is -1.71. The maximum absolute atomic E-state index is 13.1. The number of hydrogen-bond acceptors (Lipinski definition) is 8. The molecule has 0 spiro atoms. The van der Waals surface area contributed by atoms with E-state index in [0.29, 0.717) is 19.3 Å². The van der Waals surface area contributed by atoms with Crippen LogP contribution in [0.15, 0.2) is 11.6 Å². The van der Waals surface area contributed by atoms with Gasteiger partial charge in [-0.2, -0.15) is 0 Å². The summed E-state index contributed by atoms with van der Waals surface area (Å²) < 4.78 is 4.95. The molecule has 0 bridgehead atoms. The molecule has 0 aromatic carbocycles. The highest BCUT2D eigenvalue weighted by Gasteiger charge is 2.68. The third-order valence-corrected chi connectivity index (χ3v) is 9.41. The number of aliphatic hydroxyl groups is 2. The standard InChI is InChI=1S/C25H34O8/c1-23-9-7-15(26)11-14(23)3-4-16-17-8-10-25(32,24(17,2)12-18(27)22(16)23)19(28)13-33-21(31)6-5-20(29)30/h11,16-18,22,27,32H,3-10,12-13H2,1-2H3,(H,29,30)/p-1/t16-,17-,18-,22?,23-,24-,25-/m0/s1. The molecule has 4 rings (SSSR count). The van der Waals surface area contributed by atoms with Gasteiger partial charge in [0.15, 0.2) is 12.4 Å². The smallest absolute Gasteiger partial charge is 0.306 e. The normalized spacial score (nSPS) is 41.9. The highest BCUT2D eigenvalue weighted by atomic mass is 16.5. The lowest BCUT2D eigenvalue weighted by Crippen LogP contribution is -2.62.